The molecule has 1 amide bonds. The smallest absolute Gasteiger partial charge is 0.406 e. The second-order valence-corrected chi connectivity index (χ2v) is 15.3. The fourth-order valence-electron chi connectivity index (χ4n) is 7.65. The molecule has 5 aliphatic heterocycles. The summed E-state index contributed by atoms with van der Waals surface area (Å²) in [4.78, 5) is 114. The maximum Gasteiger partial charge on any atom is 0.406 e. The average molecular weight is 916 g/mol. The number of aliphatic hydroxyl groups is 2. The lowest BCUT2D eigenvalue weighted by atomic mass is 9.89. The Kier molecular flexibility index (Phi) is 11.4. The quantitative estimate of drug-likeness (QED) is 0.144. The number of nitrogens with zero attached hydrogens (tertiary/aromatic N) is 4. The summed E-state index contributed by atoms with van der Waals surface area (Å²) >= 11 is 6.02. The minimum Gasteiger partial charge on any atom is -0.489 e. The highest BCUT2D eigenvalue weighted by Gasteiger charge is 2.77. The van der Waals surface area contributed by atoms with Gasteiger partial charge in [-0.3, -0.25) is 24.0 Å². The number of methoxy groups -OCH3 is 2. The number of halogens is 2. The molecule has 3 N–H and O–H groups in total. The van der Waals surface area contributed by atoms with Crippen LogP contribution in [0.4, 0.5) is 21.6 Å². The molecule has 0 aliphatic carbocycles. The van der Waals surface area contributed by atoms with Crippen molar-refractivity contribution in [2.24, 2.45) is 0 Å². The lowest BCUT2D eigenvalue weighted by Gasteiger charge is -2.54. The molecular weight excluding hydrogens is 881 g/mol. The molecule has 8 rings (SSSR count). The molecule has 64 heavy (non-hydrogen) atoms. The monoisotopic (exact) mass is 915 g/mol. The third kappa shape index (κ3) is 7.56. The van der Waals surface area contributed by atoms with Crippen LogP contribution >= 0.6 is 11.6 Å². The standard InChI is InChI=1S/C39H35ClFN5O18/c1-56-8-7-45-6-5-21-31-33(51)46(25-12-20-24(13-26(25)58-10-9-57-2)42-18-43-32(20)44-19-3-4-23(41)22(40)11-19)64-35(53)37(55,14-27(47)59-31)17-30(50)62-39(45)38(21)60-28(48)15-36(54,34(52)63-38)16-29(49)61-39/h3-4,11-13,18,54-55H,5-10,14-17H2,1-2H3,(H,42,43,44). The molecule has 25 heteroatoms. The number of fused-ring (bicyclic) bond motifs is 7. The second kappa shape index (κ2) is 16.5. The molecule has 338 valence electrons. The minimum atomic E-state index is -3.42. The summed E-state index contributed by atoms with van der Waals surface area (Å²) in [7, 11) is 2.66. The van der Waals surface area contributed by atoms with Crippen molar-refractivity contribution in [2.45, 2.75) is 55.0 Å². The molecule has 4 saturated heterocycles. The van der Waals surface area contributed by atoms with Crippen LogP contribution in [0.3, 0.4) is 0 Å². The summed E-state index contributed by atoms with van der Waals surface area (Å²) in [5, 5.41) is 26.3. The fraction of sp³-hybridized carbons (Fsp3) is 0.410. The number of nitrogens with one attached hydrogen (secondary N) is 1. The van der Waals surface area contributed by atoms with Gasteiger partial charge in [-0.15, -0.1) is 5.06 Å². The number of piperidine rings is 1. The van der Waals surface area contributed by atoms with E-state index in [4.69, 9.17) is 54.3 Å². The van der Waals surface area contributed by atoms with Crippen LogP contribution in [0.5, 0.6) is 5.75 Å². The molecule has 5 aliphatic rings. The third-order valence-corrected chi connectivity index (χ3v) is 10.9. The van der Waals surface area contributed by atoms with Crippen LogP contribution in [-0.2, 0) is 71.6 Å². The fourth-order valence-corrected chi connectivity index (χ4v) is 7.83. The molecule has 4 unspecified atom stereocenters. The highest BCUT2D eigenvalue weighted by Crippen LogP contribution is 2.53. The van der Waals surface area contributed by atoms with Crippen LogP contribution in [0.2, 0.25) is 5.02 Å². The van der Waals surface area contributed by atoms with E-state index in [-0.39, 0.29) is 64.6 Å². The van der Waals surface area contributed by atoms with Crippen molar-refractivity contribution in [3.63, 3.8) is 0 Å². The number of hydrogen-bond acceptors (Lipinski definition) is 22. The summed E-state index contributed by atoms with van der Waals surface area (Å²) in [6.07, 6.45) is -4.81. The van der Waals surface area contributed by atoms with Gasteiger partial charge in [-0.05, 0) is 30.7 Å². The summed E-state index contributed by atoms with van der Waals surface area (Å²) in [5.41, 5.74) is -7.12. The van der Waals surface area contributed by atoms with E-state index >= 15 is 4.79 Å². The predicted octanol–water partition coefficient (Wildman–Crippen LogP) is 0.732. The number of hydroxylamine groups is 1. The highest BCUT2D eigenvalue weighted by molar-refractivity contribution is 6.31. The van der Waals surface area contributed by atoms with Gasteiger partial charge >= 0.3 is 53.4 Å². The van der Waals surface area contributed by atoms with Crippen molar-refractivity contribution >= 4 is 81.4 Å². The average Bonchev–Trinajstić information content (AvgIpc) is 3.27. The summed E-state index contributed by atoms with van der Waals surface area (Å²) in [6.45, 7) is -1.25. The summed E-state index contributed by atoms with van der Waals surface area (Å²) in [5.74, 6) is -20.1. The maximum absolute atomic E-state index is 15.4. The Balaban J connectivity index is 1.41. The van der Waals surface area contributed by atoms with E-state index in [0.717, 1.165) is 17.3 Å². The zero-order valence-electron chi connectivity index (χ0n) is 33.5. The van der Waals surface area contributed by atoms with Crippen molar-refractivity contribution in [3.8, 4) is 5.75 Å². The third-order valence-electron chi connectivity index (χ3n) is 10.6. The van der Waals surface area contributed by atoms with Gasteiger partial charge in [0.05, 0.1) is 55.0 Å². The summed E-state index contributed by atoms with van der Waals surface area (Å²) < 4.78 is 59.2. The number of benzene rings is 2. The molecule has 3 aromatic rings. The molecule has 2 aromatic carbocycles. The van der Waals surface area contributed by atoms with Crippen LogP contribution in [0.15, 0.2) is 48.0 Å². The van der Waals surface area contributed by atoms with E-state index < -0.39 is 126 Å². The van der Waals surface area contributed by atoms with Gasteiger partial charge in [0.15, 0.2) is 11.2 Å². The number of amides is 1. The zero-order valence-corrected chi connectivity index (χ0v) is 34.3. The Morgan fingerprint density at radius 1 is 0.828 bits per heavy atom. The van der Waals surface area contributed by atoms with Crippen LogP contribution in [0, 0.1) is 5.82 Å². The molecule has 6 heterocycles. The molecule has 1 aromatic heterocycles. The number of hydrogen-bond donors (Lipinski definition) is 3. The van der Waals surface area contributed by atoms with Crippen LogP contribution in [0.25, 0.3) is 10.9 Å². The van der Waals surface area contributed by atoms with Gasteiger partial charge in [0.25, 0.3) is 0 Å². The molecule has 0 saturated carbocycles. The van der Waals surface area contributed by atoms with Gasteiger partial charge in [-0.1, -0.05) is 11.6 Å². The van der Waals surface area contributed by atoms with Crippen LogP contribution < -0.4 is 15.1 Å². The first-order valence-electron chi connectivity index (χ1n) is 19.2. The Morgan fingerprint density at radius 2 is 1.50 bits per heavy atom. The van der Waals surface area contributed by atoms with Crippen molar-refractivity contribution in [1.29, 1.82) is 0 Å². The second-order valence-electron chi connectivity index (χ2n) is 14.9. The van der Waals surface area contributed by atoms with Crippen molar-refractivity contribution in [1.82, 2.24) is 14.9 Å². The van der Waals surface area contributed by atoms with E-state index in [2.05, 4.69) is 15.3 Å². The van der Waals surface area contributed by atoms with E-state index in [1.165, 1.54) is 38.5 Å². The molecule has 4 fully saturated rings. The lowest BCUT2D eigenvalue weighted by Crippen LogP contribution is -2.76. The highest BCUT2D eigenvalue weighted by atomic mass is 35.5. The summed E-state index contributed by atoms with van der Waals surface area (Å²) in [6, 6.07) is 6.14. The van der Waals surface area contributed by atoms with Gasteiger partial charge in [0.2, 0.25) is 5.76 Å². The number of anilines is 3. The number of ether oxygens (including phenoxy) is 8. The number of carbonyl (C=O) groups excluding carboxylic acids is 7. The van der Waals surface area contributed by atoms with E-state index in [9.17, 15) is 43.4 Å². The largest absolute Gasteiger partial charge is 0.489 e. The van der Waals surface area contributed by atoms with Crippen LogP contribution in [0.1, 0.15) is 32.1 Å². The van der Waals surface area contributed by atoms with E-state index in [1.54, 1.807) is 0 Å². The number of aromatic nitrogens is 2. The van der Waals surface area contributed by atoms with Gasteiger partial charge in [0, 0.05) is 44.4 Å². The normalized spacial score (nSPS) is 27.3. The minimum absolute atomic E-state index is 0.00674. The van der Waals surface area contributed by atoms with Gasteiger partial charge in [-0.2, -0.15) is 0 Å². The predicted molar refractivity (Wildman–Crippen MR) is 205 cm³/mol. The van der Waals surface area contributed by atoms with E-state index in [0.29, 0.717) is 0 Å². The molecule has 1 spiro atoms. The SMILES string of the molecule is COCCOc1cc2ncnc(Nc3ccc(F)c(Cl)c3)c2cc1N1OC(=O)C2(O)CC(=O)OC(=C3CCN(CCOC)C4(OC(=O)C2)OC(=O)CC2(O)CC(=O)OC34OC2=O)C1=O. The van der Waals surface area contributed by atoms with Crippen LogP contribution in [-0.4, -0.2) is 137 Å². The zero-order chi connectivity index (χ0) is 45.8. The molecular formula is C39H35ClFN5O18. The van der Waals surface area contributed by atoms with Gasteiger partial charge in [-0.25, -0.2) is 28.8 Å². The first-order chi connectivity index (χ1) is 30.4. The number of esters is 5. The van der Waals surface area contributed by atoms with Crippen molar-refractivity contribution in [2.75, 3.05) is 57.5 Å². The molecule has 4 atom stereocenters. The Labute approximate surface area is 363 Å². The number of likely N-dealkylation sites (tertiary alicyclic amines) is 1. The van der Waals surface area contributed by atoms with Gasteiger partial charge < -0.3 is 58.3 Å². The Morgan fingerprint density at radius 3 is 2.19 bits per heavy atom. The molecule has 0 radical (unpaired) electrons. The number of carbonyl (C=O) groups is 7. The van der Waals surface area contributed by atoms with E-state index in [1.807, 2.05) is 0 Å². The molecule has 23 nitrogen and oxygen atoms in total. The first-order valence-corrected chi connectivity index (χ1v) is 19.5. The number of rotatable bonds is 10. The van der Waals surface area contributed by atoms with Gasteiger partial charge in [0.1, 0.15) is 36.0 Å². The Bertz CT molecular complexity index is 2560. The topological polar surface area (TPSA) is 287 Å². The van der Waals surface area contributed by atoms with Crippen molar-refractivity contribution < 1.29 is 90.9 Å². The lowest BCUT2D eigenvalue weighted by molar-refractivity contribution is -0.410. The Hall–Kier alpha value is -6.57. The van der Waals surface area contributed by atoms with Crippen molar-refractivity contribution in [3.05, 3.63) is 58.8 Å². The maximum atomic E-state index is 15.4. The first kappa shape index (κ1) is 44.1. The molecule has 6 bridgehead atoms.